The fourth-order valence-corrected chi connectivity index (χ4v) is 2.42. The van der Waals surface area contributed by atoms with Crippen molar-refractivity contribution in [3.63, 3.8) is 0 Å². The average molecular weight is 227 g/mol. The fourth-order valence-electron chi connectivity index (χ4n) is 2.42. The molecule has 3 nitrogen and oxygen atoms in total. The first-order valence-electron chi connectivity index (χ1n) is 6.52. The van der Waals surface area contributed by atoms with Crippen LogP contribution in [0.2, 0.25) is 0 Å². The number of carbonyl (C=O) groups is 1. The summed E-state index contributed by atoms with van der Waals surface area (Å²) in [6.07, 6.45) is 8.30. The molecule has 0 amide bonds. The van der Waals surface area contributed by atoms with E-state index >= 15 is 0 Å². The van der Waals surface area contributed by atoms with Gasteiger partial charge in [0.15, 0.2) is 0 Å². The second-order valence-corrected chi connectivity index (χ2v) is 4.92. The van der Waals surface area contributed by atoms with Gasteiger partial charge in [-0.1, -0.05) is 32.6 Å². The van der Waals surface area contributed by atoms with Crippen molar-refractivity contribution in [2.45, 2.75) is 45.4 Å². The molecule has 1 rings (SSSR count). The van der Waals surface area contributed by atoms with Gasteiger partial charge in [0, 0.05) is 6.54 Å². The molecular formula is C13H25NO2. The molecule has 0 radical (unpaired) electrons. The molecule has 0 aromatic heterocycles. The molecule has 3 heteroatoms. The second-order valence-electron chi connectivity index (χ2n) is 4.92. The molecule has 0 saturated heterocycles. The van der Waals surface area contributed by atoms with Gasteiger partial charge < -0.3 is 10.1 Å². The standard InChI is InChI=1S/C13H25NO2/c1-11(13(15)16-2)10-14-9-5-8-12-6-3-4-7-12/h11-12,14H,3-10H2,1-2H3. The number of rotatable bonds is 7. The summed E-state index contributed by atoms with van der Waals surface area (Å²) in [7, 11) is 1.44. The molecule has 0 bridgehead atoms. The van der Waals surface area contributed by atoms with E-state index in [0.29, 0.717) is 0 Å². The molecule has 1 unspecified atom stereocenters. The van der Waals surface area contributed by atoms with Crippen LogP contribution in [-0.2, 0) is 9.53 Å². The molecule has 0 aliphatic heterocycles. The molecule has 16 heavy (non-hydrogen) atoms. The second kappa shape index (κ2) is 7.66. The largest absolute Gasteiger partial charge is 0.469 e. The Balaban J connectivity index is 1.92. The minimum Gasteiger partial charge on any atom is -0.469 e. The highest BCUT2D eigenvalue weighted by atomic mass is 16.5. The van der Waals surface area contributed by atoms with Gasteiger partial charge in [-0.3, -0.25) is 4.79 Å². The topological polar surface area (TPSA) is 38.3 Å². The third-order valence-electron chi connectivity index (χ3n) is 3.49. The zero-order valence-corrected chi connectivity index (χ0v) is 10.6. The van der Waals surface area contributed by atoms with Crippen LogP contribution >= 0.6 is 0 Å². The van der Waals surface area contributed by atoms with Crippen molar-refractivity contribution in [1.29, 1.82) is 0 Å². The quantitative estimate of drug-likeness (QED) is 0.536. The minimum absolute atomic E-state index is 0.0310. The Morgan fingerprint density at radius 3 is 2.75 bits per heavy atom. The van der Waals surface area contributed by atoms with Crippen LogP contribution in [-0.4, -0.2) is 26.2 Å². The summed E-state index contributed by atoms with van der Waals surface area (Å²) in [5, 5.41) is 3.32. The molecule has 1 atom stereocenters. The van der Waals surface area contributed by atoms with Crippen molar-refractivity contribution in [1.82, 2.24) is 5.32 Å². The zero-order chi connectivity index (χ0) is 11.8. The Bertz CT molecular complexity index is 200. The molecule has 1 aliphatic rings. The lowest BCUT2D eigenvalue weighted by Gasteiger charge is -2.11. The van der Waals surface area contributed by atoms with Crippen molar-refractivity contribution in [2.24, 2.45) is 11.8 Å². The van der Waals surface area contributed by atoms with Crippen LogP contribution in [0.4, 0.5) is 0 Å². The van der Waals surface area contributed by atoms with Crippen LogP contribution in [0.25, 0.3) is 0 Å². The fraction of sp³-hybridized carbons (Fsp3) is 0.923. The van der Waals surface area contributed by atoms with Gasteiger partial charge in [-0.25, -0.2) is 0 Å². The Morgan fingerprint density at radius 2 is 2.12 bits per heavy atom. The third kappa shape index (κ3) is 4.97. The van der Waals surface area contributed by atoms with Gasteiger partial charge in [-0.05, 0) is 25.3 Å². The predicted octanol–water partition coefficient (Wildman–Crippen LogP) is 2.36. The average Bonchev–Trinajstić information content (AvgIpc) is 2.80. The van der Waals surface area contributed by atoms with Crippen molar-refractivity contribution in [2.75, 3.05) is 20.2 Å². The van der Waals surface area contributed by atoms with Gasteiger partial charge in [0.2, 0.25) is 0 Å². The highest BCUT2D eigenvalue weighted by molar-refractivity contribution is 5.71. The molecule has 0 aromatic carbocycles. The summed E-state index contributed by atoms with van der Waals surface area (Å²) in [5.41, 5.74) is 0. The maximum absolute atomic E-state index is 11.1. The Kier molecular flexibility index (Phi) is 6.46. The lowest BCUT2D eigenvalue weighted by molar-refractivity contribution is -0.144. The Morgan fingerprint density at radius 1 is 1.44 bits per heavy atom. The van der Waals surface area contributed by atoms with Crippen molar-refractivity contribution < 1.29 is 9.53 Å². The first kappa shape index (κ1) is 13.5. The highest BCUT2D eigenvalue weighted by Gasteiger charge is 2.14. The lowest BCUT2D eigenvalue weighted by atomic mass is 10.0. The Hall–Kier alpha value is -0.570. The number of hydrogen-bond donors (Lipinski definition) is 1. The van der Waals surface area contributed by atoms with E-state index in [1.54, 1.807) is 0 Å². The van der Waals surface area contributed by atoms with E-state index in [2.05, 4.69) is 10.1 Å². The number of carbonyl (C=O) groups excluding carboxylic acids is 1. The van der Waals surface area contributed by atoms with Crippen LogP contribution in [0.15, 0.2) is 0 Å². The van der Waals surface area contributed by atoms with Gasteiger partial charge >= 0.3 is 5.97 Å². The number of methoxy groups -OCH3 is 1. The molecule has 0 heterocycles. The van der Waals surface area contributed by atoms with E-state index in [1.165, 1.54) is 45.6 Å². The van der Waals surface area contributed by atoms with E-state index in [9.17, 15) is 4.79 Å². The number of nitrogens with one attached hydrogen (secondary N) is 1. The van der Waals surface area contributed by atoms with Crippen molar-refractivity contribution in [3.8, 4) is 0 Å². The van der Waals surface area contributed by atoms with Crippen LogP contribution in [0.3, 0.4) is 0 Å². The summed E-state index contributed by atoms with van der Waals surface area (Å²) < 4.78 is 4.67. The smallest absolute Gasteiger partial charge is 0.309 e. The van der Waals surface area contributed by atoms with Gasteiger partial charge in [0.25, 0.3) is 0 Å². The monoisotopic (exact) mass is 227 g/mol. The summed E-state index contributed by atoms with van der Waals surface area (Å²) in [6.45, 7) is 3.66. The summed E-state index contributed by atoms with van der Waals surface area (Å²) in [4.78, 5) is 11.1. The maximum Gasteiger partial charge on any atom is 0.309 e. The summed E-state index contributed by atoms with van der Waals surface area (Å²) in [5.74, 6) is 0.819. The first-order chi connectivity index (χ1) is 7.74. The van der Waals surface area contributed by atoms with Gasteiger partial charge in [0.05, 0.1) is 13.0 Å². The molecular weight excluding hydrogens is 202 g/mol. The van der Waals surface area contributed by atoms with E-state index in [1.807, 2.05) is 6.92 Å². The molecule has 0 spiro atoms. The number of esters is 1. The van der Waals surface area contributed by atoms with Crippen LogP contribution in [0.1, 0.15) is 45.4 Å². The predicted molar refractivity (Wildman–Crippen MR) is 65.2 cm³/mol. The summed E-state index contributed by atoms with van der Waals surface area (Å²) in [6, 6.07) is 0. The van der Waals surface area contributed by atoms with E-state index in [-0.39, 0.29) is 11.9 Å². The molecule has 0 aromatic rings. The molecule has 94 valence electrons. The normalized spacial score (nSPS) is 18.6. The Labute approximate surface area is 98.9 Å². The van der Waals surface area contributed by atoms with Crippen LogP contribution in [0, 0.1) is 11.8 Å². The van der Waals surface area contributed by atoms with E-state index in [0.717, 1.165) is 19.0 Å². The first-order valence-corrected chi connectivity index (χ1v) is 6.52. The molecule has 1 saturated carbocycles. The number of ether oxygens (including phenoxy) is 1. The highest BCUT2D eigenvalue weighted by Crippen LogP contribution is 2.28. The molecule has 1 aliphatic carbocycles. The number of hydrogen-bond acceptors (Lipinski definition) is 3. The molecule has 1 N–H and O–H groups in total. The van der Waals surface area contributed by atoms with Crippen LogP contribution < -0.4 is 5.32 Å². The van der Waals surface area contributed by atoms with Gasteiger partial charge in [-0.15, -0.1) is 0 Å². The lowest BCUT2D eigenvalue weighted by Crippen LogP contribution is -2.28. The molecule has 1 fully saturated rings. The summed E-state index contributed by atoms with van der Waals surface area (Å²) >= 11 is 0. The van der Waals surface area contributed by atoms with E-state index in [4.69, 9.17) is 0 Å². The van der Waals surface area contributed by atoms with Crippen molar-refractivity contribution in [3.05, 3.63) is 0 Å². The zero-order valence-electron chi connectivity index (χ0n) is 10.6. The van der Waals surface area contributed by atoms with E-state index < -0.39 is 0 Å². The van der Waals surface area contributed by atoms with Crippen LogP contribution in [0.5, 0.6) is 0 Å². The third-order valence-corrected chi connectivity index (χ3v) is 3.49. The maximum atomic E-state index is 11.1. The van der Waals surface area contributed by atoms with Gasteiger partial charge in [-0.2, -0.15) is 0 Å². The van der Waals surface area contributed by atoms with Crippen molar-refractivity contribution >= 4 is 5.97 Å². The minimum atomic E-state index is -0.122. The SMILES string of the molecule is COC(=O)C(C)CNCCCC1CCCC1. The van der Waals surface area contributed by atoms with Gasteiger partial charge in [0.1, 0.15) is 0 Å².